The Morgan fingerprint density at radius 2 is 2.38 bits per heavy atom. The minimum Gasteiger partial charge on any atom is -0.490 e. The quantitative estimate of drug-likeness (QED) is 0.672. The third-order valence-electron chi connectivity index (χ3n) is 1.52. The summed E-state index contributed by atoms with van der Waals surface area (Å²) in [5, 5.41) is 4.08. The molecular weight excluding hydrogens is 194 g/mol. The summed E-state index contributed by atoms with van der Waals surface area (Å²) in [5.41, 5.74) is 5.85. The number of anilines is 1. The molecule has 0 amide bonds. The van der Waals surface area contributed by atoms with Gasteiger partial charge in [-0.25, -0.2) is 4.98 Å². The second-order valence-electron chi connectivity index (χ2n) is 2.31. The summed E-state index contributed by atoms with van der Waals surface area (Å²) in [6.07, 6.45) is 1.42. The summed E-state index contributed by atoms with van der Waals surface area (Å²) in [7, 11) is 1.48. The molecule has 0 radical (unpaired) electrons. The highest BCUT2D eigenvalue weighted by Crippen LogP contribution is 2.25. The number of hydrogen-bond donors (Lipinski definition) is 1. The van der Waals surface area contributed by atoms with Crippen molar-refractivity contribution in [2.75, 3.05) is 12.8 Å². The van der Waals surface area contributed by atoms with Gasteiger partial charge in [0.05, 0.1) is 7.11 Å². The van der Waals surface area contributed by atoms with E-state index in [2.05, 4.69) is 15.1 Å². The predicted molar refractivity (Wildman–Crippen MR) is 46.8 cm³/mol. The summed E-state index contributed by atoms with van der Waals surface area (Å²) < 4.78 is 6.40. The number of nitrogen functional groups attached to an aromatic ring is 1. The molecule has 0 atom stereocenters. The van der Waals surface area contributed by atoms with Crippen LogP contribution in [-0.4, -0.2) is 26.7 Å². The predicted octanol–water partition coefficient (Wildman–Crippen LogP) is 0.368. The Kier molecular flexibility index (Phi) is 1.70. The fourth-order valence-corrected chi connectivity index (χ4v) is 1.21. The average Bonchev–Trinajstić information content (AvgIpc) is 2.45. The average molecular weight is 200 g/mol. The van der Waals surface area contributed by atoms with Gasteiger partial charge in [0.1, 0.15) is 6.33 Å². The van der Waals surface area contributed by atoms with Crippen molar-refractivity contribution < 1.29 is 4.74 Å². The highest BCUT2D eigenvalue weighted by Gasteiger charge is 2.11. The van der Waals surface area contributed by atoms with Gasteiger partial charge in [-0.2, -0.15) is 9.50 Å². The second kappa shape index (κ2) is 2.74. The van der Waals surface area contributed by atoms with Crippen LogP contribution in [0.4, 0.5) is 5.95 Å². The largest absolute Gasteiger partial charge is 0.490 e. The molecule has 2 aromatic rings. The summed E-state index contributed by atoms with van der Waals surface area (Å²) in [6, 6.07) is 0. The van der Waals surface area contributed by atoms with Gasteiger partial charge in [-0.05, 0) is 0 Å². The number of aromatic nitrogens is 4. The van der Waals surface area contributed by atoms with Gasteiger partial charge in [0.25, 0.3) is 0 Å². The van der Waals surface area contributed by atoms with Gasteiger partial charge in [0, 0.05) is 0 Å². The van der Waals surface area contributed by atoms with Crippen molar-refractivity contribution in [1.82, 2.24) is 19.6 Å². The van der Waals surface area contributed by atoms with E-state index in [1.807, 2.05) is 0 Å². The van der Waals surface area contributed by atoms with Crippen LogP contribution in [0.15, 0.2) is 6.33 Å². The maximum Gasteiger partial charge on any atom is 0.240 e. The topological polar surface area (TPSA) is 78.3 Å². The molecule has 0 aliphatic rings. The van der Waals surface area contributed by atoms with E-state index >= 15 is 0 Å². The number of methoxy groups -OCH3 is 1. The van der Waals surface area contributed by atoms with E-state index in [1.165, 1.54) is 18.0 Å². The number of halogens is 1. The van der Waals surface area contributed by atoms with Gasteiger partial charge in [-0.3, -0.25) is 0 Å². The molecule has 0 fully saturated rings. The van der Waals surface area contributed by atoms with Gasteiger partial charge >= 0.3 is 0 Å². The smallest absolute Gasteiger partial charge is 0.240 e. The number of ether oxygens (including phenoxy) is 1. The SMILES string of the molecule is COc1c(Cl)ncn2nc(N)nc12. The fraction of sp³-hybridized carbons (Fsp3) is 0.167. The molecule has 68 valence electrons. The molecule has 2 aromatic heterocycles. The van der Waals surface area contributed by atoms with E-state index in [4.69, 9.17) is 22.1 Å². The summed E-state index contributed by atoms with van der Waals surface area (Å²) in [5.74, 6) is 0.524. The second-order valence-corrected chi connectivity index (χ2v) is 2.66. The molecule has 0 spiro atoms. The van der Waals surface area contributed by atoms with Crippen molar-refractivity contribution in [2.45, 2.75) is 0 Å². The van der Waals surface area contributed by atoms with Gasteiger partial charge in [0.2, 0.25) is 17.3 Å². The highest BCUT2D eigenvalue weighted by molar-refractivity contribution is 6.31. The van der Waals surface area contributed by atoms with Crippen LogP contribution in [-0.2, 0) is 0 Å². The first kappa shape index (κ1) is 8.06. The van der Waals surface area contributed by atoms with Crippen molar-refractivity contribution in [3.05, 3.63) is 11.5 Å². The summed E-state index contributed by atoms with van der Waals surface area (Å²) in [4.78, 5) is 7.76. The summed E-state index contributed by atoms with van der Waals surface area (Å²) >= 11 is 5.75. The molecule has 0 aliphatic carbocycles. The first-order valence-electron chi connectivity index (χ1n) is 3.42. The van der Waals surface area contributed by atoms with Gasteiger partial charge in [0.15, 0.2) is 5.15 Å². The van der Waals surface area contributed by atoms with E-state index < -0.39 is 0 Å². The zero-order valence-electron chi connectivity index (χ0n) is 6.73. The van der Waals surface area contributed by atoms with Crippen LogP contribution >= 0.6 is 11.6 Å². The van der Waals surface area contributed by atoms with E-state index in [1.54, 1.807) is 0 Å². The monoisotopic (exact) mass is 199 g/mol. The van der Waals surface area contributed by atoms with Crippen molar-refractivity contribution in [1.29, 1.82) is 0 Å². The van der Waals surface area contributed by atoms with E-state index in [-0.39, 0.29) is 11.1 Å². The van der Waals surface area contributed by atoms with E-state index in [0.29, 0.717) is 11.4 Å². The zero-order valence-corrected chi connectivity index (χ0v) is 7.49. The Bertz CT molecular complexity index is 453. The third-order valence-corrected chi connectivity index (χ3v) is 1.79. The van der Waals surface area contributed by atoms with Gasteiger partial charge < -0.3 is 10.5 Å². The van der Waals surface area contributed by atoms with Crippen LogP contribution in [0, 0.1) is 0 Å². The van der Waals surface area contributed by atoms with Crippen LogP contribution in [0.5, 0.6) is 5.75 Å². The fourth-order valence-electron chi connectivity index (χ4n) is 1.01. The van der Waals surface area contributed by atoms with Crippen molar-refractivity contribution >= 4 is 23.2 Å². The Hall–Kier alpha value is -1.56. The van der Waals surface area contributed by atoms with Crippen LogP contribution in [0.1, 0.15) is 0 Å². The highest BCUT2D eigenvalue weighted by atomic mass is 35.5. The number of hydrogen-bond acceptors (Lipinski definition) is 5. The number of nitrogens with two attached hydrogens (primary N) is 1. The molecule has 6 nitrogen and oxygen atoms in total. The molecule has 0 aromatic carbocycles. The summed E-state index contributed by atoms with van der Waals surface area (Å²) in [6.45, 7) is 0. The number of fused-ring (bicyclic) bond motifs is 1. The lowest BCUT2D eigenvalue weighted by atomic mass is 10.5. The maximum atomic E-state index is 5.75. The van der Waals surface area contributed by atoms with E-state index in [9.17, 15) is 0 Å². The molecule has 0 unspecified atom stereocenters. The van der Waals surface area contributed by atoms with Crippen LogP contribution in [0.3, 0.4) is 0 Å². The number of nitrogens with zero attached hydrogens (tertiary/aromatic N) is 4. The lowest BCUT2D eigenvalue weighted by Gasteiger charge is -2.01. The molecular formula is C6H6ClN5O. The lowest BCUT2D eigenvalue weighted by Crippen LogP contribution is -1.95. The molecule has 7 heteroatoms. The Morgan fingerprint density at radius 3 is 3.08 bits per heavy atom. The molecule has 2 heterocycles. The third kappa shape index (κ3) is 1.15. The van der Waals surface area contributed by atoms with Crippen LogP contribution < -0.4 is 10.5 Å². The Morgan fingerprint density at radius 1 is 1.62 bits per heavy atom. The standard InChI is InChI=1S/C6H6ClN5O/c1-13-3-4(7)9-2-12-5(3)10-6(8)11-12/h2H,1H3,(H2,8,11). The molecule has 0 bridgehead atoms. The minimum absolute atomic E-state index is 0.155. The van der Waals surface area contributed by atoms with Crippen molar-refractivity contribution in [2.24, 2.45) is 0 Å². The Balaban J connectivity index is 2.82. The molecule has 2 N–H and O–H groups in total. The zero-order chi connectivity index (χ0) is 9.42. The minimum atomic E-state index is 0.155. The van der Waals surface area contributed by atoms with Crippen molar-refractivity contribution in [3.63, 3.8) is 0 Å². The van der Waals surface area contributed by atoms with Gasteiger partial charge in [-0.1, -0.05) is 11.6 Å². The maximum absolute atomic E-state index is 5.75. The molecule has 0 saturated carbocycles. The number of rotatable bonds is 1. The lowest BCUT2D eigenvalue weighted by molar-refractivity contribution is 0.414. The molecule has 13 heavy (non-hydrogen) atoms. The van der Waals surface area contributed by atoms with Crippen LogP contribution in [0.2, 0.25) is 5.15 Å². The van der Waals surface area contributed by atoms with E-state index in [0.717, 1.165) is 0 Å². The molecule has 0 aliphatic heterocycles. The molecule has 0 saturated heterocycles. The normalized spacial score (nSPS) is 10.6. The van der Waals surface area contributed by atoms with Crippen LogP contribution in [0.25, 0.3) is 5.65 Å². The first-order valence-corrected chi connectivity index (χ1v) is 3.80. The van der Waals surface area contributed by atoms with Gasteiger partial charge in [-0.15, -0.1) is 5.10 Å². The van der Waals surface area contributed by atoms with Crippen molar-refractivity contribution in [3.8, 4) is 5.75 Å². The first-order chi connectivity index (χ1) is 6.22. The molecule has 2 rings (SSSR count). The Labute approximate surface area is 78.3 Å².